The van der Waals surface area contributed by atoms with Gasteiger partial charge in [0.1, 0.15) is 0 Å². The molecule has 0 saturated carbocycles. The SMILES string of the molecule is c1ccc(-c2ccc(N(c3ccc(-c4ccc5c(ccc6ccc7ccccc7c65)c4)cc3)c3ccc4c(c3)sc3ccccc34)cc2)cc1. The lowest BCUT2D eigenvalue weighted by atomic mass is 9.94. The Bertz CT molecular complexity index is 2850. The molecule has 234 valence electrons. The first kappa shape index (κ1) is 28.8. The van der Waals surface area contributed by atoms with Crippen molar-refractivity contribution >= 4 is 80.9 Å². The Kier molecular flexibility index (Phi) is 6.75. The molecule has 0 N–H and O–H groups in total. The fraction of sp³-hybridized carbons (Fsp3) is 0. The van der Waals surface area contributed by atoms with Crippen molar-refractivity contribution in [1.82, 2.24) is 0 Å². The molecule has 10 rings (SSSR count). The molecule has 0 aliphatic rings. The van der Waals surface area contributed by atoms with Gasteiger partial charge >= 0.3 is 0 Å². The third kappa shape index (κ3) is 4.84. The maximum Gasteiger partial charge on any atom is 0.0476 e. The fourth-order valence-corrected chi connectivity index (χ4v) is 8.69. The Hall–Kier alpha value is -6.22. The second kappa shape index (κ2) is 11.7. The third-order valence-electron chi connectivity index (χ3n) is 10.0. The molecule has 0 unspecified atom stereocenters. The molecule has 0 aliphatic carbocycles. The van der Waals surface area contributed by atoms with Crippen molar-refractivity contribution in [3.63, 3.8) is 0 Å². The van der Waals surface area contributed by atoms with Crippen molar-refractivity contribution in [3.05, 3.63) is 188 Å². The normalized spacial score (nSPS) is 11.6. The van der Waals surface area contributed by atoms with Crippen molar-refractivity contribution in [1.29, 1.82) is 0 Å². The number of rotatable bonds is 5. The maximum absolute atomic E-state index is 2.38. The first-order valence-electron chi connectivity index (χ1n) is 17.1. The average Bonchev–Trinajstić information content (AvgIpc) is 3.56. The van der Waals surface area contributed by atoms with Crippen LogP contribution in [0, 0.1) is 0 Å². The van der Waals surface area contributed by atoms with E-state index in [0.29, 0.717) is 0 Å². The van der Waals surface area contributed by atoms with Gasteiger partial charge in [0, 0.05) is 37.2 Å². The van der Waals surface area contributed by atoms with Crippen molar-refractivity contribution in [3.8, 4) is 22.3 Å². The number of benzene rings is 9. The lowest BCUT2D eigenvalue weighted by molar-refractivity contribution is 1.29. The molecule has 0 amide bonds. The van der Waals surface area contributed by atoms with Crippen LogP contribution in [-0.2, 0) is 0 Å². The molecular weight excluding hydrogens is 623 g/mol. The molecular formula is C48H31NS. The summed E-state index contributed by atoms with van der Waals surface area (Å²) < 4.78 is 2.61. The van der Waals surface area contributed by atoms with E-state index in [1.54, 1.807) is 0 Å². The molecule has 9 aromatic carbocycles. The van der Waals surface area contributed by atoms with Crippen LogP contribution < -0.4 is 4.90 Å². The van der Waals surface area contributed by atoms with Crippen molar-refractivity contribution in [2.24, 2.45) is 0 Å². The number of nitrogens with zero attached hydrogens (tertiary/aromatic N) is 1. The second-order valence-corrected chi connectivity index (χ2v) is 14.0. The topological polar surface area (TPSA) is 3.24 Å². The van der Waals surface area contributed by atoms with Crippen LogP contribution in [0.25, 0.3) is 74.7 Å². The molecule has 10 aromatic rings. The van der Waals surface area contributed by atoms with E-state index in [0.717, 1.165) is 17.1 Å². The zero-order chi connectivity index (χ0) is 33.0. The predicted octanol–water partition coefficient (Wildman–Crippen LogP) is 14.3. The Morgan fingerprint density at radius 1 is 0.300 bits per heavy atom. The number of hydrogen-bond donors (Lipinski definition) is 0. The van der Waals surface area contributed by atoms with E-state index >= 15 is 0 Å². The van der Waals surface area contributed by atoms with E-state index in [2.05, 4.69) is 193 Å². The summed E-state index contributed by atoms with van der Waals surface area (Å²) in [7, 11) is 0. The first-order chi connectivity index (χ1) is 24.8. The first-order valence-corrected chi connectivity index (χ1v) is 17.9. The molecule has 0 fully saturated rings. The van der Waals surface area contributed by atoms with Crippen molar-refractivity contribution in [2.45, 2.75) is 0 Å². The summed E-state index contributed by atoms with van der Waals surface area (Å²) in [6.07, 6.45) is 0. The van der Waals surface area contributed by atoms with Crippen LogP contribution in [0.5, 0.6) is 0 Å². The highest BCUT2D eigenvalue weighted by atomic mass is 32.1. The highest BCUT2D eigenvalue weighted by Crippen LogP contribution is 2.42. The summed E-state index contributed by atoms with van der Waals surface area (Å²) in [5, 5.41) is 10.4. The Labute approximate surface area is 294 Å². The Morgan fingerprint density at radius 2 is 0.820 bits per heavy atom. The van der Waals surface area contributed by atoms with Gasteiger partial charge in [-0.1, -0.05) is 140 Å². The summed E-state index contributed by atoms with van der Waals surface area (Å²) in [4.78, 5) is 2.38. The van der Waals surface area contributed by atoms with E-state index in [1.807, 2.05) is 11.3 Å². The minimum absolute atomic E-state index is 1.12. The highest BCUT2D eigenvalue weighted by molar-refractivity contribution is 7.25. The number of anilines is 3. The molecule has 1 heterocycles. The van der Waals surface area contributed by atoms with Gasteiger partial charge < -0.3 is 4.90 Å². The standard InChI is InChI=1S/C48H31NS/c1-2-8-32(9-3-1)33-18-23-39(24-19-33)49(41-27-29-45-44-12-6-7-13-46(44)50-47(45)31-41)40-25-20-34(21-26-40)37-22-28-43-38(30-37)17-16-36-15-14-35-10-4-5-11-42(35)48(36)43/h1-31H. The van der Waals surface area contributed by atoms with E-state index in [-0.39, 0.29) is 0 Å². The van der Waals surface area contributed by atoms with E-state index in [9.17, 15) is 0 Å². The lowest BCUT2D eigenvalue weighted by Gasteiger charge is -2.26. The van der Waals surface area contributed by atoms with E-state index < -0.39 is 0 Å². The van der Waals surface area contributed by atoms with Crippen LogP contribution >= 0.6 is 11.3 Å². The monoisotopic (exact) mass is 653 g/mol. The molecule has 0 spiro atoms. The smallest absolute Gasteiger partial charge is 0.0476 e. The van der Waals surface area contributed by atoms with Gasteiger partial charge in [-0.25, -0.2) is 0 Å². The molecule has 1 aromatic heterocycles. The van der Waals surface area contributed by atoms with Crippen LogP contribution in [0.3, 0.4) is 0 Å². The Balaban J connectivity index is 1.06. The van der Waals surface area contributed by atoms with Gasteiger partial charge in [-0.15, -0.1) is 11.3 Å². The molecule has 1 nitrogen and oxygen atoms in total. The maximum atomic E-state index is 2.38. The molecule has 0 aliphatic heterocycles. The summed E-state index contributed by atoms with van der Waals surface area (Å²) in [6.45, 7) is 0. The number of thiophene rings is 1. The summed E-state index contributed by atoms with van der Waals surface area (Å²) in [5.41, 5.74) is 8.25. The van der Waals surface area contributed by atoms with Gasteiger partial charge in [0.15, 0.2) is 0 Å². The van der Waals surface area contributed by atoms with E-state index in [4.69, 9.17) is 0 Å². The van der Waals surface area contributed by atoms with E-state index in [1.165, 1.54) is 74.7 Å². The lowest BCUT2D eigenvalue weighted by Crippen LogP contribution is -2.09. The minimum atomic E-state index is 1.12. The number of hydrogen-bond acceptors (Lipinski definition) is 2. The second-order valence-electron chi connectivity index (χ2n) is 13.0. The third-order valence-corrected chi connectivity index (χ3v) is 11.2. The molecule has 0 saturated heterocycles. The molecule has 50 heavy (non-hydrogen) atoms. The quantitative estimate of drug-likeness (QED) is 0.167. The molecule has 2 heteroatoms. The van der Waals surface area contributed by atoms with Gasteiger partial charge in [-0.3, -0.25) is 0 Å². The van der Waals surface area contributed by atoms with Crippen LogP contribution in [0.1, 0.15) is 0 Å². The van der Waals surface area contributed by atoms with Crippen molar-refractivity contribution < 1.29 is 0 Å². The largest absolute Gasteiger partial charge is 0.310 e. The zero-order valence-electron chi connectivity index (χ0n) is 27.3. The van der Waals surface area contributed by atoms with Gasteiger partial charge in [0.2, 0.25) is 0 Å². The van der Waals surface area contributed by atoms with Crippen LogP contribution in [0.2, 0.25) is 0 Å². The fourth-order valence-electron chi connectivity index (χ4n) is 7.55. The van der Waals surface area contributed by atoms with Gasteiger partial charge in [0.25, 0.3) is 0 Å². The minimum Gasteiger partial charge on any atom is -0.310 e. The average molecular weight is 654 g/mol. The zero-order valence-corrected chi connectivity index (χ0v) is 28.1. The van der Waals surface area contributed by atoms with Gasteiger partial charge in [-0.05, 0) is 103 Å². The molecule has 0 atom stereocenters. The van der Waals surface area contributed by atoms with Gasteiger partial charge in [-0.2, -0.15) is 0 Å². The van der Waals surface area contributed by atoms with Crippen LogP contribution in [0.15, 0.2) is 188 Å². The molecule has 0 radical (unpaired) electrons. The summed E-state index contributed by atoms with van der Waals surface area (Å²) in [6, 6.07) is 68.7. The van der Waals surface area contributed by atoms with Crippen LogP contribution in [-0.4, -0.2) is 0 Å². The highest BCUT2D eigenvalue weighted by Gasteiger charge is 2.16. The number of fused-ring (bicyclic) bond motifs is 8. The molecule has 0 bridgehead atoms. The summed E-state index contributed by atoms with van der Waals surface area (Å²) in [5.74, 6) is 0. The van der Waals surface area contributed by atoms with Crippen LogP contribution in [0.4, 0.5) is 17.1 Å². The predicted molar refractivity (Wildman–Crippen MR) is 217 cm³/mol. The van der Waals surface area contributed by atoms with Gasteiger partial charge in [0.05, 0.1) is 0 Å². The van der Waals surface area contributed by atoms with Crippen molar-refractivity contribution in [2.75, 3.05) is 4.90 Å². The summed E-state index contributed by atoms with van der Waals surface area (Å²) >= 11 is 1.86. The Morgan fingerprint density at radius 3 is 1.60 bits per heavy atom.